The molecule has 0 aromatic carbocycles. The molecule has 1 aromatic heterocycles. The molecule has 0 bridgehead atoms. The molecular formula is C9H10F3N3O2. The summed E-state index contributed by atoms with van der Waals surface area (Å²) in [6.07, 6.45) is -3.29. The number of nitrogens with zero attached hydrogens (tertiary/aromatic N) is 1. The fraction of sp³-hybridized carbons (Fsp3) is 0.333. The highest BCUT2D eigenvalue weighted by Crippen LogP contribution is 2.11. The number of hydrogen-bond acceptors (Lipinski definition) is 3. The van der Waals surface area contributed by atoms with Crippen LogP contribution in [0.4, 0.5) is 18.9 Å². The van der Waals surface area contributed by atoms with Crippen LogP contribution in [-0.4, -0.2) is 23.2 Å². The number of rotatable bonds is 3. The third-order valence-electron chi connectivity index (χ3n) is 1.81. The van der Waals surface area contributed by atoms with Crippen molar-refractivity contribution in [1.82, 2.24) is 9.88 Å². The summed E-state index contributed by atoms with van der Waals surface area (Å²) in [4.78, 5) is 22.3. The highest BCUT2D eigenvalue weighted by atomic mass is 19.4. The SMILES string of the molecule is Nc1ccc(=O)n(CC(=O)NCC(F)(F)F)c1. The van der Waals surface area contributed by atoms with E-state index in [2.05, 4.69) is 0 Å². The molecule has 0 unspecified atom stereocenters. The molecule has 0 spiro atoms. The molecule has 3 N–H and O–H groups in total. The number of nitrogen functional groups attached to an aromatic ring is 1. The van der Waals surface area contributed by atoms with Gasteiger partial charge in [-0.15, -0.1) is 0 Å². The maximum absolute atomic E-state index is 11.8. The van der Waals surface area contributed by atoms with Crippen molar-refractivity contribution in [2.45, 2.75) is 12.7 Å². The number of aromatic nitrogens is 1. The average Bonchev–Trinajstić information content (AvgIpc) is 2.20. The molecule has 1 rings (SSSR count). The van der Waals surface area contributed by atoms with Gasteiger partial charge in [-0.3, -0.25) is 9.59 Å². The van der Waals surface area contributed by atoms with Crippen LogP contribution in [0.5, 0.6) is 0 Å². The molecule has 8 heteroatoms. The van der Waals surface area contributed by atoms with Crippen molar-refractivity contribution in [3.05, 3.63) is 28.7 Å². The monoisotopic (exact) mass is 249 g/mol. The predicted octanol–water partition coefficient (Wildman–Crippen LogP) is 0.109. The molecule has 5 nitrogen and oxygen atoms in total. The average molecular weight is 249 g/mol. The Morgan fingerprint density at radius 1 is 1.41 bits per heavy atom. The van der Waals surface area contributed by atoms with Crippen molar-refractivity contribution in [3.63, 3.8) is 0 Å². The Kier molecular flexibility index (Phi) is 3.77. The highest BCUT2D eigenvalue weighted by molar-refractivity contribution is 5.75. The van der Waals surface area contributed by atoms with E-state index in [-0.39, 0.29) is 5.69 Å². The summed E-state index contributed by atoms with van der Waals surface area (Å²) in [7, 11) is 0. The number of anilines is 1. The summed E-state index contributed by atoms with van der Waals surface area (Å²) in [6, 6.07) is 2.47. The van der Waals surface area contributed by atoms with Crippen LogP contribution in [0.2, 0.25) is 0 Å². The summed E-state index contributed by atoms with van der Waals surface area (Å²) in [5.41, 5.74) is 5.11. The van der Waals surface area contributed by atoms with E-state index in [0.717, 1.165) is 10.6 Å². The van der Waals surface area contributed by atoms with E-state index >= 15 is 0 Å². The van der Waals surface area contributed by atoms with Gasteiger partial charge < -0.3 is 15.6 Å². The first-order valence-corrected chi connectivity index (χ1v) is 4.57. The zero-order valence-electron chi connectivity index (χ0n) is 8.62. The maximum atomic E-state index is 11.8. The molecule has 1 heterocycles. The second kappa shape index (κ2) is 4.89. The standard InChI is InChI=1S/C9H10F3N3O2/c10-9(11,12)5-14-7(16)4-15-3-6(13)1-2-8(15)17/h1-3H,4-5,13H2,(H,14,16). The molecule has 1 amide bonds. The molecule has 0 aliphatic carbocycles. The van der Waals surface area contributed by atoms with Gasteiger partial charge in [-0.1, -0.05) is 0 Å². The third-order valence-corrected chi connectivity index (χ3v) is 1.81. The largest absolute Gasteiger partial charge is 0.405 e. The van der Waals surface area contributed by atoms with E-state index in [1.165, 1.54) is 12.3 Å². The second-order valence-corrected chi connectivity index (χ2v) is 3.32. The van der Waals surface area contributed by atoms with Crippen LogP contribution in [0.1, 0.15) is 0 Å². The zero-order valence-corrected chi connectivity index (χ0v) is 8.62. The topological polar surface area (TPSA) is 77.1 Å². The first kappa shape index (κ1) is 13.1. The van der Waals surface area contributed by atoms with Gasteiger partial charge in [-0.25, -0.2) is 0 Å². The first-order chi connectivity index (χ1) is 7.78. The molecule has 17 heavy (non-hydrogen) atoms. The molecular weight excluding hydrogens is 239 g/mol. The van der Waals surface area contributed by atoms with Gasteiger partial charge >= 0.3 is 6.18 Å². The number of carbonyl (C=O) groups is 1. The van der Waals surface area contributed by atoms with Gasteiger partial charge in [0.25, 0.3) is 5.56 Å². The van der Waals surface area contributed by atoms with E-state index in [0.29, 0.717) is 0 Å². The van der Waals surface area contributed by atoms with Crippen molar-refractivity contribution in [1.29, 1.82) is 0 Å². The Morgan fingerprint density at radius 3 is 2.65 bits per heavy atom. The quantitative estimate of drug-likeness (QED) is 0.798. The normalized spacial score (nSPS) is 11.2. The number of nitrogens with two attached hydrogens (primary N) is 1. The lowest BCUT2D eigenvalue weighted by Gasteiger charge is -2.09. The second-order valence-electron chi connectivity index (χ2n) is 3.32. The fourth-order valence-electron chi connectivity index (χ4n) is 1.08. The number of carbonyl (C=O) groups excluding carboxylic acids is 1. The van der Waals surface area contributed by atoms with Gasteiger partial charge in [0.1, 0.15) is 13.1 Å². The van der Waals surface area contributed by atoms with E-state index in [1.807, 2.05) is 0 Å². The van der Waals surface area contributed by atoms with Crippen LogP contribution in [0.15, 0.2) is 23.1 Å². The summed E-state index contributed by atoms with van der Waals surface area (Å²) in [5.74, 6) is -0.907. The van der Waals surface area contributed by atoms with Gasteiger partial charge in [0.05, 0.1) is 0 Å². The van der Waals surface area contributed by atoms with E-state index in [9.17, 15) is 22.8 Å². The molecule has 0 fully saturated rings. The Morgan fingerprint density at radius 2 is 2.06 bits per heavy atom. The van der Waals surface area contributed by atoms with Gasteiger partial charge in [-0.05, 0) is 6.07 Å². The minimum absolute atomic E-state index is 0.244. The summed E-state index contributed by atoms with van der Waals surface area (Å²) < 4.78 is 36.3. The van der Waals surface area contributed by atoms with Crippen LogP contribution in [0, 0.1) is 0 Å². The van der Waals surface area contributed by atoms with E-state index < -0.39 is 30.7 Å². The molecule has 0 radical (unpaired) electrons. The number of hydrogen-bond donors (Lipinski definition) is 2. The summed E-state index contributed by atoms with van der Waals surface area (Å²) in [6.45, 7) is -1.93. The minimum atomic E-state index is -4.48. The molecule has 0 atom stereocenters. The van der Waals surface area contributed by atoms with Gasteiger partial charge in [0.15, 0.2) is 0 Å². The third kappa shape index (κ3) is 4.58. The number of halogens is 3. The van der Waals surface area contributed by atoms with Crippen LogP contribution >= 0.6 is 0 Å². The minimum Gasteiger partial charge on any atom is -0.398 e. The van der Waals surface area contributed by atoms with Crippen molar-refractivity contribution in [2.24, 2.45) is 0 Å². The van der Waals surface area contributed by atoms with Crippen molar-refractivity contribution in [3.8, 4) is 0 Å². The van der Waals surface area contributed by atoms with Crippen molar-refractivity contribution in [2.75, 3.05) is 12.3 Å². The van der Waals surface area contributed by atoms with Crippen LogP contribution in [-0.2, 0) is 11.3 Å². The van der Waals surface area contributed by atoms with Crippen molar-refractivity contribution >= 4 is 11.6 Å². The Balaban J connectivity index is 2.62. The lowest BCUT2D eigenvalue weighted by molar-refractivity contribution is -0.138. The van der Waals surface area contributed by atoms with Crippen LogP contribution in [0.25, 0.3) is 0 Å². The van der Waals surface area contributed by atoms with E-state index in [1.54, 1.807) is 5.32 Å². The van der Waals surface area contributed by atoms with Crippen molar-refractivity contribution < 1.29 is 18.0 Å². The number of alkyl halides is 3. The molecule has 94 valence electrons. The smallest absolute Gasteiger partial charge is 0.398 e. The molecule has 1 aromatic rings. The summed E-state index contributed by atoms with van der Waals surface area (Å²) in [5, 5.41) is 1.65. The van der Waals surface area contributed by atoms with Crippen LogP contribution in [0.3, 0.4) is 0 Å². The lowest BCUT2D eigenvalue weighted by atomic mass is 10.4. The highest BCUT2D eigenvalue weighted by Gasteiger charge is 2.27. The molecule has 0 saturated carbocycles. The van der Waals surface area contributed by atoms with Gasteiger partial charge in [-0.2, -0.15) is 13.2 Å². The van der Waals surface area contributed by atoms with Crippen LogP contribution < -0.4 is 16.6 Å². The molecule has 0 saturated heterocycles. The lowest BCUT2D eigenvalue weighted by Crippen LogP contribution is -2.37. The molecule has 0 aliphatic heterocycles. The first-order valence-electron chi connectivity index (χ1n) is 4.57. The number of amides is 1. The zero-order chi connectivity index (χ0) is 13.1. The molecule has 0 aliphatic rings. The Labute approximate surface area is 94.0 Å². The summed E-state index contributed by atoms with van der Waals surface area (Å²) >= 11 is 0. The van der Waals surface area contributed by atoms with E-state index in [4.69, 9.17) is 5.73 Å². The van der Waals surface area contributed by atoms with Gasteiger partial charge in [0.2, 0.25) is 5.91 Å². The maximum Gasteiger partial charge on any atom is 0.405 e. The Hall–Kier alpha value is -1.99. The number of nitrogens with one attached hydrogen (secondary N) is 1. The number of pyridine rings is 1. The fourth-order valence-corrected chi connectivity index (χ4v) is 1.08. The Bertz CT molecular complexity index is 467. The predicted molar refractivity (Wildman–Crippen MR) is 54.2 cm³/mol. The van der Waals surface area contributed by atoms with Gasteiger partial charge in [0, 0.05) is 18.0 Å².